The number of morpholine rings is 1. The van der Waals surface area contributed by atoms with Gasteiger partial charge in [-0.3, -0.25) is 15.0 Å². The number of aromatic nitrogens is 2. The Labute approximate surface area is 166 Å². The summed E-state index contributed by atoms with van der Waals surface area (Å²) >= 11 is 0. The zero-order valence-corrected chi connectivity index (χ0v) is 17.3. The minimum absolute atomic E-state index is 0.122. The van der Waals surface area contributed by atoms with E-state index in [1.807, 2.05) is 18.7 Å². The van der Waals surface area contributed by atoms with E-state index in [2.05, 4.69) is 15.3 Å². The molecule has 0 spiro atoms. The molecule has 1 amide bonds. The lowest BCUT2D eigenvalue weighted by molar-refractivity contribution is -0.121. The summed E-state index contributed by atoms with van der Waals surface area (Å²) in [5, 5.41) is 2.69. The van der Waals surface area contributed by atoms with Gasteiger partial charge in [0.2, 0.25) is 11.9 Å². The van der Waals surface area contributed by atoms with Crippen molar-refractivity contribution in [1.82, 2.24) is 23.5 Å². The van der Waals surface area contributed by atoms with Crippen molar-refractivity contribution in [2.24, 2.45) is 0 Å². The summed E-state index contributed by atoms with van der Waals surface area (Å²) in [5.41, 5.74) is 0. The minimum atomic E-state index is -3.53. The number of amides is 1. The topological polar surface area (TPSA) is 108 Å². The Bertz CT molecular complexity index is 759. The van der Waals surface area contributed by atoms with E-state index < -0.39 is 16.3 Å². The molecule has 0 aromatic carbocycles. The Morgan fingerprint density at radius 3 is 2.25 bits per heavy atom. The summed E-state index contributed by atoms with van der Waals surface area (Å²) in [5.74, 6) is 0.0504. The van der Waals surface area contributed by atoms with Crippen molar-refractivity contribution >= 4 is 22.1 Å². The highest BCUT2D eigenvalue weighted by atomic mass is 32.2. The maximum absolute atomic E-state index is 13.0. The van der Waals surface area contributed by atoms with E-state index in [0.29, 0.717) is 39.3 Å². The number of hydrogen-bond donors (Lipinski definition) is 1. The lowest BCUT2D eigenvalue weighted by Gasteiger charge is -2.41. The van der Waals surface area contributed by atoms with Crippen molar-refractivity contribution in [1.29, 1.82) is 0 Å². The molecule has 2 aliphatic heterocycles. The van der Waals surface area contributed by atoms with Gasteiger partial charge in [0.15, 0.2) is 0 Å². The molecule has 0 bridgehead atoms. The predicted octanol–water partition coefficient (Wildman–Crippen LogP) is -0.225. The van der Waals surface area contributed by atoms with Crippen LogP contribution in [-0.2, 0) is 19.7 Å². The number of rotatable bonds is 5. The summed E-state index contributed by atoms with van der Waals surface area (Å²) in [6, 6.07) is 1.27. The van der Waals surface area contributed by atoms with E-state index in [1.54, 1.807) is 25.4 Å². The van der Waals surface area contributed by atoms with Crippen LogP contribution in [0.5, 0.6) is 0 Å². The number of piperazine rings is 1. The molecule has 3 heterocycles. The fraction of sp³-hybridized carbons (Fsp3) is 0.706. The molecule has 1 aromatic rings. The third-order valence-corrected chi connectivity index (χ3v) is 7.01. The molecule has 1 aromatic heterocycles. The molecule has 2 aliphatic rings. The van der Waals surface area contributed by atoms with Crippen molar-refractivity contribution in [3.63, 3.8) is 0 Å². The van der Waals surface area contributed by atoms with E-state index in [1.165, 1.54) is 8.61 Å². The molecule has 0 radical (unpaired) electrons. The number of anilines is 1. The number of carbonyl (C=O) groups excluding carboxylic acids is 1. The third kappa shape index (κ3) is 4.84. The van der Waals surface area contributed by atoms with Crippen LogP contribution in [-0.4, -0.2) is 95.3 Å². The number of carbonyl (C=O) groups is 1. The van der Waals surface area contributed by atoms with Crippen LogP contribution in [0, 0.1) is 0 Å². The summed E-state index contributed by atoms with van der Waals surface area (Å²) in [7, 11) is -3.53. The Morgan fingerprint density at radius 1 is 1.11 bits per heavy atom. The molecule has 3 rings (SSSR count). The van der Waals surface area contributed by atoms with Gasteiger partial charge in [0, 0.05) is 51.7 Å². The van der Waals surface area contributed by atoms with Gasteiger partial charge < -0.3 is 4.74 Å². The molecule has 2 fully saturated rings. The lowest BCUT2D eigenvalue weighted by Crippen LogP contribution is -2.58. The highest BCUT2D eigenvalue weighted by molar-refractivity contribution is 7.86. The van der Waals surface area contributed by atoms with E-state index in [9.17, 15) is 13.2 Å². The summed E-state index contributed by atoms with van der Waals surface area (Å²) in [6.07, 6.45) is 2.88. The standard InChI is InChI=1S/C17H28N6O4S/c1-13-11-23(12-14(2)27-13)28(25,26)22-9-7-21(8-10-22)15(3)16(24)20-17-18-5-4-6-19-17/h4-6,13-15H,7-12H2,1-3H3,(H,18,19,20,24)/t13-,14+,15-/m0/s1. The van der Waals surface area contributed by atoms with Gasteiger partial charge in [0.25, 0.3) is 10.2 Å². The van der Waals surface area contributed by atoms with E-state index in [-0.39, 0.29) is 24.1 Å². The molecule has 10 nitrogen and oxygen atoms in total. The summed E-state index contributed by atoms with van der Waals surface area (Å²) < 4.78 is 34.6. The first-order chi connectivity index (χ1) is 13.3. The van der Waals surface area contributed by atoms with Crippen LogP contribution in [0.1, 0.15) is 20.8 Å². The van der Waals surface area contributed by atoms with Crippen molar-refractivity contribution < 1.29 is 17.9 Å². The predicted molar refractivity (Wildman–Crippen MR) is 104 cm³/mol. The summed E-state index contributed by atoms with van der Waals surface area (Å²) in [6.45, 7) is 7.96. The number of hydrogen-bond acceptors (Lipinski definition) is 7. The van der Waals surface area contributed by atoms with Gasteiger partial charge >= 0.3 is 0 Å². The normalized spacial score (nSPS) is 26.7. The van der Waals surface area contributed by atoms with Crippen LogP contribution < -0.4 is 5.32 Å². The molecule has 156 valence electrons. The van der Waals surface area contributed by atoms with Gasteiger partial charge in [-0.05, 0) is 26.8 Å². The van der Waals surface area contributed by atoms with Crippen LogP contribution in [0.25, 0.3) is 0 Å². The minimum Gasteiger partial charge on any atom is -0.373 e. The highest BCUT2D eigenvalue weighted by Crippen LogP contribution is 2.19. The van der Waals surface area contributed by atoms with Gasteiger partial charge in [-0.2, -0.15) is 17.0 Å². The molecule has 2 saturated heterocycles. The Kier molecular flexibility index (Phi) is 6.61. The fourth-order valence-electron chi connectivity index (χ4n) is 3.55. The smallest absolute Gasteiger partial charge is 0.282 e. The SMILES string of the molecule is C[C@@H]1CN(S(=O)(=O)N2CCN([C@@H](C)C(=O)Nc3ncccn3)CC2)C[C@H](C)O1. The van der Waals surface area contributed by atoms with Crippen molar-refractivity contribution in [3.8, 4) is 0 Å². The molecule has 11 heteroatoms. The maximum atomic E-state index is 13.0. The molecular weight excluding hydrogens is 384 g/mol. The molecule has 0 unspecified atom stereocenters. The van der Waals surface area contributed by atoms with Crippen LogP contribution in [0.2, 0.25) is 0 Å². The van der Waals surface area contributed by atoms with Crippen LogP contribution >= 0.6 is 0 Å². The maximum Gasteiger partial charge on any atom is 0.282 e. The van der Waals surface area contributed by atoms with Gasteiger partial charge in [-0.15, -0.1) is 0 Å². The summed E-state index contributed by atoms with van der Waals surface area (Å²) in [4.78, 5) is 22.4. The van der Waals surface area contributed by atoms with E-state index >= 15 is 0 Å². The van der Waals surface area contributed by atoms with Crippen molar-refractivity contribution in [2.75, 3.05) is 44.6 Å². The Morgan fingerprint density at radius 2 is 1.68 bits per heavy atom. The third-order valence-electron chi connectivity index (χ3n) is 5.04. The molecular formula is C17H28N6O4S. The number of nitrogens with one attached hydrogen (secondary N) is 1. The monoisotopic (exact) mass is 412 g/mol. The zero-order chi connectivity index (χ0) is 20.3. The number of ether oxygens (including phenoxy) is 1. The highest BCUT2D eigenvalue weighted by Gasteiger charge is 2.37. The zero-order valence-electron chi connectivity index (χ0n) is 16.5. The van der Waals surface area contributed by atoms with Gasteiger partial charge in [-0.25, -0.2) is 9.97 Å². The lowest BCUT2D eigenvalue weighted by atomic mass is 10.2. The number of nitrogens with zero attached hydrogens (tertiary/aromatic N) is 5. The second kappa shape index (κ2) is 8.78. The van der Waals surface area contributed by atoms with Crippen LogP contribution in [0.4, 0.5) is 5.95 Å². The second-order valence-corrected chi connectivity index (χ2v) is 9.18. The van der Waals surface area contributed by atoms with Crippen LogP contribution in [0.15, 0.2) is 18.5 Å². The largest absolute Gasteiger partial charge is 0.373 e. The first kappa shape index (κ1) is 21.1. The van der Waals surface area contributed by atoms with Gasteiger partial charge in [0.05, 0.1) is 18.2 Å². The molecule has 3 atom stereocenters. The van der Waals surface area contributed by atoms with E-state index in [0.717, 1.165) is 0 Å². The molecule has 0 aliphatic carbocycles. The molecule has 28 heavy (non-hydrogen) atoms. The molecule has 1 N–H and O–H groups in total. The van der Waals surface area contributed by atoms with Crippen LogP contribution in [0.3, 0.4) is 0 Å². The van der Waals surface area contributed by atoms with Crippen molar-refractivity contribution in [2.45, 2.75) is 39.0 Å². The first-order valence-corrected chi connectivity index (χ1v) is 10.9. The van der Waals surface area contributed by atoms with Crippen molar-refractivity contribution in [3.05, 3.63) is 18.5 Å². The van der Waals surface area contributed by atoms with E-state index in [4.69, 9.17) is 4.74 Å². The fourth-order valence-corrected chi connectivity index (χ4v) is 5.30. The van der Waals surface area contributed by atoms with Gasteiger partial charge in [-0.1, -0.05) is 0 Å². The average molecular weight is 413 g/mol. The Balaban J connectivity index is 1.55. The van der Waals surface area contributed by atoms with Gasteiger partial charge in [0.1, 0.15) is 0 Å². The average Bonchev–Trinajstić information content (AvgIpc) is 2.67. The Hall–Kier alpha value is -1.66. The molecule has 0 saturated carbocycles. The quantitative estimate of drug-likeness (QED) is 0.712. The second-order valence-electron chi connectivity index (χ2n) is 7.25. The first-order valence-electron chi connectivity index (χ1n) is 9.50.